The lowest BCUT2D eigenvalue weighted by atomic mass is 9.82. The summed E-state index contributed by atoms with van der Waals surface area (Å²) < 4.78 is 0. The van der Waals surface area contributed by atoms with Crippen LogP contribution in [0.4, 0.5) is 0 Å². The number of benzene rings is 1. The zero-order valence-corrected chi connectivity index (χ0v) is 10.3. The van der Waals surface area contributed by atoms with E-state index in [0.717, 1.165) is 5.56 Å². The number of amides is 1. The van der Waals surface area contributed by atoms with Gasteiger partial charge in [-0.25, -0.2) is 0 Å². The van der Waals surface area contributed by atoms with Crippen LogP contribution in [0, 0.1) is 0 Å². The molecule has 2 rings (SSSR count). The van der Waals surface area contributed by atoms with Crippen LogP contribution < -0.4 is 5.32 Å². The second-order valence-electron chi connectivity index (χ2n) is 5.29. The molecule has 2 N–H and O–H groups in total. The van der Waals surface area contributed by atoms with E-state index in [4.69, 9.17) is 0 Å². The van der Waals surface area contributed by atoms with Crippen molar-refractivity contribution in [1.82, 2.24) is 5.32 Å². The summed E-state index contributed by atoms with van der Waals surface area (Å²) in [6.45, 7) is 3.85. The number of hydrogen-bond acceptors (Lipinski definition) is 2. The number of aliphatic hydroxyl groups is 1. The van der Waals surface area contributed by atoms with Gasteiger partial charge in [-0.1, -0.05) is 30.3 Å². The van der Waals surface area contributed by atoms with Crippen molar-refractivity contribution in [2.75, 3.05) is 0 Å². The number of aliphatic hydroxyl groups excluding tert-OH is 1. The molecule has 0 heterocycles. The fourth-order valence-electron chi connectivity index (χ4n) is 2.06. The van der Waals surface area contributed by atoms with Crippen LogP contribution in [-0.4, -0.2) is 23.2 Å². The third-order valence-electron chi connectivity index (χ3n) is 3.51. The molecule has 0 spiro atoms. The van der Waals surface area contributed by atoms with Gasteiger partial charge in [-0.15, -0.1) is 0 Å². The number of carbonyl (C=O) groups is 1. The fourth-order valence-corrected chi connectivity index (χ4v) is 2.06. The fraction of sp³-hybridized carbons (Fsp3) is 0.500. The first-order chi connectivity index (χ1) is 8.00. The van der Waals surface area contributed by atoms with Gasteiger partial charge in [0.2, 0.25) is 5.91 Å². The van der Waals surface area contributed by atoms with Crippen molar-refractivity contribution in [3.05, 3.63) is 35.9 Å². The van der Waals surface area contributed by atoms with Crippen molar-refractivity contribution in [1.29, 1.82) is 0 Å². The molecule has 0 radical (unpaired) electrons. The van der Waals surface area contributed by atoms with E-state index in [2.05, 4.69) is 5.32 Å². The van der Waals surface area contributed by atoms with Crippen LogP contribution in [-0.2, 0) is 10.2 Å². The number of rotatable bonds is 3. The van der Waals surface area contributed by atoms with Crippen molar-refractivity contribution in [2.24, 2.45) is 0 Å². The highest BCUT2D eigenvalue weighted by molar-refractivity contribution is 5.87. The summed E-state index contributed by atoms with van der Waals surface area (Å²) in [6.07, 6.45) is 1.12. The lowest BCUT2D eigenvalue weighted by molar-refractivity contribution is -0.127. The molecule has 92 valence electrons. The number of carbonyl (C=O) groups excluding carboxylic acids is 1. The van der Waals surface area contributed by atoms with Gasteiger partial charge in [-0.2, -0.15) is 0 Å². The highest BCUT2D eigenvalue weighted by Gasteiger charge is 2.34. The van der Waals surface area contributed by atoms with Crippen LogP contribution in [0.2, 0.25) is 0 Å². The molecule has 3 nitrogen and oxygen atoms in total. The maximum Gasteiger partial charge on any atom is 0.230 e. The summed E-state index contributed by atoms with van der Waals surface area (Å²) in [5.41, 5.74) is 0.485. The number of nitrogens with one attached hydrogen (secondary N) is 1. The highest BCUT2D eigenvalue weighted by atomic mass is 16.3. The highest BCUT2D eigenvalue weighted by Crippen LogP contribution is 2.25. The molecule has 1 aromatic rings. The first-order valence-electron chi connectivity index (χ1n) is 6.04. The quantitative estimate of drug-likeness (QED) is 0.833. The summed E-state index contributed by atoms with van der Waals surface area (Å²) in [5, 5.41) is 12.2. The average molecular weight is 233 g/mol. The molecule has 1 saturated carbocycles. The Bertz CT molecular complexity index is 394. The van der Waals surface area contributed by atoms with Gasteiger partial charge in [0, 0.05) is 6.04 Å². The maximum absolute atomic E-state index is 12.2. The van der Waals surface area contributed by atoms with E-state index in [1.165, 1.54) is 0 Å². The van der Waals surface area contributed by atoms with Crippen molar-refractivity contribution in [3.8, 4) is 0 Å². The van der Waals surface area contributed by atoms with Crippen molar-refractivity contribution < 1.29 is 9.90 Å². The zero-order valence-electron chi connectivity index (χ0n) is 10.3. The Morgan fingerprint density at radius 1 is 1.29 bits per heavy atom. The summed E-state index contributed by atoms with van der Waals surface area (Å²) in [4.78, 5) is 12.2. The van der Waals surface area contributed by atoms with Gasteiger partial charge < -0.3 is 10.4 Å². The Hall–Kier alpha value is -1.35. The molecule has 0 aliphatic heterocycles. The van der Waals surface area contributed by atoms with Gasteiger partial charge in [0.25, 0.3) is 0 Å². The molecule has 0 saturated heterocycles. The summed E-state index contributed by atoms with van der Waals surface area (Å²) >= 11 is 0. The Kier molecular flexibility index (Phi) is 3.20. The van der Waals surface area contributed by atoms with E-state index < -0.39 is 5.41 Å². The first-order valence-corrected chi connectivity index (χ1v) is 6.04. The van der Waals surface area contributed by atoms with Gasteiger partial charge in [0.1, 0.15) is 0 Å². The van der Waals surface area contributed by atoms with E-state index in [-0.39, 0.29) is 18.1 Å². The average Bonchev–Trinajstić information content (AvgIpc) is 2.28. The van der Waals surface area contributed by atoms with E-state index in [0.29, 0.717) is 12.8 Å². The minimum Gasteiger partial charge on any atom is -0.393 e. The molecular formula is C14H19NO2. The predicted molar refractivity (Wildman–Crippen MR) is 66.6 cm³/mol. The van der Waals surface area contributed by atoms with Gasteiger partial charge in [0.15, 0.2) is 0 Å². The minimum atomic E-state index is -0.526. The third kappa shape index (κ3) is 2.50. The SMILES string of the molecule is CC(C)(C(=O)NC1CC(O)C1)c1ccccc1. The largest absolute Gasteiger partial charge is 0.393 e. The molecule has 3 heteroatoms. The van der Waals surface area contributed by atoms with Crippen LogP contribution in [0.25, 0.3) is 0 Å². The topological polar surface area (TPSA) is 49.3 Å². The number of hydrogen-bond donors (Lipinski definition) is 2. The Morgan fingerprint density at radius 3 is 2.41 bits per heavy atom. The first kappa shape index (κ1) is 12.1. The molecule has 1 fully saturated rings. The molecule has 1 aromatic carbocycles. The molecule has 17 heavy (non-hydrogen) atoms. The summed E-state index contributed by atoms with van der Waals surface area (Å²) in [6, 6.07) is 9.90. The van der Waals surface area contributed by atoms with Crippen LogP contribution in [0.3, 0.4) is 0 Å². The minimum absolute atomic E-state index is 0.0283. The van der Waals surface area contributed by atoms with Crippen molar-refractivity contribution in [3.63, 3.8) is 0 Å². The second kappa shape index (κ2) is 4.49. The van der Waals surface area contributed by atoms with Gasteiger partial charge in [-0.3, -0.25) is 4.79 Å². The molecule has 0 unspecified atom stereocenters. The molecule has 1 aliphatic rings. The lowest BCUT2D eigenvalue weighted by Crippen LogP contribution is -2.51. The van der Waals surface area contributed by atoms with Crippen molar-refractivity contribution >= 4 is 5.91 Å². The van der Waals surface area contributed by atoms with E-state index >= 15 is 0 Å². The van der Waals surface area contributed by atoms with E-state index in [1.807, 2.05) is 44.2 Å². The van der Waals surface area contributed by atoms with Gasteiger partial charge in [0.05, 0.1) is 11.5 Å². The molecule has 1 amide bonds. The molecule has 0 atom stereocenters. The Balaban J connectivity index is 2.02. The zero-order chi connectivity index (χ0) is 12.5. The monoisotopic (exact) mass is 233 g/mol. The lowest BCUT2D eigenvalue weighted by Gasteiger charge is -2.35. The van der Waals surface area contributed by atoms with Crippen LogP contribution in [0.15, 0.2) is 30.3 Å². The standard InChI is InChI=1S/C14H19NO2/c1-14(2,10-6-4-3-5-7-10)13(17)15-11-8-12(16)9-11/h3-7,11-12,16H,8-9H2,1-2H3,(H,15,17). The molecule has 1 aliphatic carbocycles. The maximum atomic E-state index is 12.2. The molecular weight excluding hydrogens is 214 g/mol. The third-order valence-corrected chi connectivity index (χ3v) is 3.51. The van der Waals surface area contributed by atoms with E-state index in [1.54, 1.807) is 0 Å². The van der Waals surface area contributed by atoms with Crippen molar-refractivity contribution in [2.45, 2.75) is 44.2 Å². The smallest absolute Gasteiger partial charge is 0.230 e. The molecule has 0 bridgehead atoms. The second-order valence-corrected chi connectivity index (χ2v) is 5.29. The summed E-state index contributed by atoms with van der Waals surface area (Å²) in [7, 11) is 0. The Morgan fingerprint density at radius 2 is 1.88 bits per heavy atom. The Labute approximate surface area is 102 Å². The van der Waals surface area contributed by atoms with Gasteiger partial charge >= 0.3 is 0 Å². The molecule has 0 aromatic heterocycles. The predicted octanol–water partition coefficient (Wildman–Crippen LogP) is 1.60. The van der Waals surface area contributed by atoms with E-state index in [9.17, 15) is 9.90 Å². The van der Waals surface area contributed by atoms with Crippen LogP contribution in [0.5, 0.6) is 0 Å². The normalized spacial score (nSPS) is 23.9. The van der Waals surface area contributed by atoms with Crippen LogP contribution >= 0.6 is 0 Å². The van der Waals surface area contributed by atoms with Crippen LogP contribution in [0.1, 0.15) is 32.3 Å². The van der Waals surface area contributed by atoms with Gasteiger partial charge in [-0.05, 0) is 32.3 Å². The summed E-state index contributed by atoms with van der Waals surface area (Å²) in [5.74, 6) is 0.0283.